The number of fused-ring (bicyclic) bond motifs is 1. The number of nitrogens with one attached hydrogen (secondary N) is 3. The molecule has 0 atom stereocenters. The minimum absolute atomic E-state index is 0.111. The van der Waals surface area contributed by atoms with Crippen molar-refractivity contribution in [3.8, 4) is 11.4 Å². The highest BCUT2D eigenvalue weighted by molar-refractivity contribution is 5.97. The minimum Gasteiger partial charge on any atom is -0.355 e. The number of aromatic nitrogens is 2. The molecular formula is C26H28N4O2. The number of hydrogen-bond donors (Lipinski definition) is 3. The van der Waals surface area contributed by atoms with Gasteiger partial charge in [-0.05, 0) is 86.6 Å². The first-order valence-corrected chi connectivity index (χ1v) is 11.6. The van der Waals surface area contributed by atoms with Crippen LogP contribution in [0.25, 0.3) is 22.4 Å². The van der Waals surface area contributed by atoms with Crippen molar-refractivity contribution in [2.45, 2.75) is 38.5 Å². The highest BCUT2D eigenvalue weighted by Crippen LogP contribution is 2.60. The lowest BCUT2D eigenvalue weighted by molar-refractivity contribution is -0.140. The van der Waals surface area contributed by atoms with Crippen LogP contribution < -0.4 is 10.6 Å². The van der Waals surface area contributed by atoms with Crippen LogP contribution >= 0.6 is 0 Å². The molecule has 1 aromatic heterocycles. The third kappa shape index (κ3) is 3.20. The van der Waals surface area contributed by atoms with E-state index in [0.29, 0.717) is 5.56 Å². The molecule has 164 valence electrons. The number of anilines is 1. The van der Waals surface area contributed by atoms with Gasteiger partial charge < -0.3 is 15.6 Å². The van der Waals surface area contributed by atoms with Crippen molar-refractivity contribution in [3.05, 3.63) is 48.0 Å². The number of amides is 2. The van der Waals surface area contributed by atoms with Gasteiger partial charge >= 0.3 is 0 Å². The maximum atomic E-state index is 13.4. The maximum Gasteiger partial charge on any atom is 0.251 e. The molecule has 4 fully saturated rings. The van der Waals surface area contributed by atoms with Gasteiger partial charge in [0, 0.05) is 23.9 Å². The summed E-state index contributed by atoms with van der Waals surface area (Å²) in [5.41, 5.74) is 3.91. The van der Waals surface area contributed by atoms with Gasteiger partial charge in [-0.1, -0.05) is 12.1 Å². The van der Waals surface area contributed by atoms with E-state index in [4.69, 9.17) is 4.98 Å². The Balaban J connectivity index is 1.23. The van der Waals surface area contributed by atoms with Crippen molar-refractivity contribution >= 4 is 28.5 Å². The van der Waals surface area contributed by atoms with Gasteiger partial charge in [0.25, 0.3) is 5.91 Å². The third-order valence-corrected chi connectivity index (χ3v) is 7.91. The molecule has 0 radical (unpaired) electrons. The predicted octanol–water partition coefficient (Wildman–Crippen LogP) is 4.74. The molecule has 0 aliphatic heterocycles. The second-order valence-electron chi connectivity index (χ2n) is 10.1. The van der Waals surface area contributed by atoms with Crippen molar-refractivity contribution in [2.24, 2.45) is 23.2 Å². The normalized spacial score (nSPS) is 28.1. The number of carbonyl (C=O) groups excluding carboxylic acids is 2. The first kappa shape index (κ1) is 19.5. The van der Waals surface area contributed by atoms with Gasteiger partial charge in [-0.3, -0.25) is 9.59 Å². The Morgan fingerprint density at radius 3 is 2.25 bits per heavy atom. The number of H-pyrrole nitrogens is 1. The Bertz CT molecular complexity index is 1180. The Labute approximate surface area is 187 Å². The lowest BCUT2D eigenvalue weighted by Gasteiger charge is -2.55. The molecule has 3 aromatic rings. The summed E-state index contributed by atoms with van der Waals surface area (Å²) in [6.45, 7) is 0. The van der Waals surface area contributed by atoms with Gasteiger partial charge in [0.05, 0.1) is 16.4 Å². The van der Waals surface area contributed by atoms with Crippen molar-refractivity contribution < 1.29 is 9.59 Å². The van der Waals surface area contributed by atoms with E-state index in [0.717, 1.165) is 65.1 Å². The molecule has 6 heteroatoms. The average Bonchev–Trinajstić information content (AvgIpc) is 3.21. The Hall–Kier alpha value is -3.15. The summed E-state index contributed by atoms with van der Waals surface area (Å²) < 4.78 is 0. The van der Waals surface area contributed by atoms with Crippen LogP contribution in [0.15, 0.2) is 42.5 Å². The van der Waals surface area contributed by atoms with Gasteiger partial charge in [-0.2, -0.15) is 0 Å². The monoisotopic (exact) mass is 428 g/mol. The fourth-order valence-electron chi connectivity index (χ4n) is 6.80. The Morgan fingerprint density at radius 1 is 0.969 bits per heavy atom. The first-order chi connectivity index (χ1) is 15.5. The smallest absolute Gasteiger partial charge is 0.251 e. The van der Waals surface area contributed by atoms with Crippen LogP contribution in [0, 0.1) is 23.2 Å². The lowest BCUT2D eigenvalue weighted by atomic mass is 9.49. The zero-order valence-corrected chi connectivity index (χ0v) is 18.3. The molecule has 0 spiro atoms. The number of rotatable bonds is 4. The lowest BCUT2D eigenvalue weighted by Crippen LogP contribution is -2.51. The number of carbonyl (C=O) groups is 2. The number of hydrogen-bond acceptors (Lipinski definition) is 3. The van der Waals surface area contributed by atoms with Gasteiger partial charge in [-0.15, -0.1) is 0 Å². The molecule has 1 heterocycles. The summed E-state index contributed by atoms with van der Waals surface area (Å²) >= 11 is 0. The summed E-state index contributed by atoms with van der Waals surface area (Å²) in [6.07, 6.45) is 7.18. The number of aromatic amines is 1. The van der Waals surface area contributed by atoms with Crippen molar-refractivity contribution in [3.63, 3.8) is 0 Å². The van der Waals surface area contributed by atoms with Gasteiger partial charge in [-0.25, -0.2) is 4.98 Å². The topological polar surface area (TPSA) is 86.9 Å². The van der Waals surface area contributed by atoms with E-state index in [1.54, 1.807) is 19.2 Å². The first-order valence-electron chi connectivity index (χ1n) is 11.6. The van der Waals surface area contributed by atoms with Crippen LogP contribution in [0.2, 0.25) is 0 Å². The minimum atomic E-state index is -0.160. The second-order valence-corrected chi connectivity index (χ2v) is 10.1. The van der Waals surface area contributed by atoms with Crippen LogP contribution in [0.3, 0.4) is 0 Å². The van der Waals surface area contributed by atoms with E-state index >= 15 is 0 Å². The van der Waals surface area contributed by atoms with E-state index in [1.807, 2.05) is 30.3 Å². The van der Waals surface area contributed by atoms with Gasteiger partial charge in [0.15, 0.2) is 0 Å². The van der Waals surface area contributed by atoms with Gasteiger partial charge in [0.1, 0.15) is 5.82 Å². The molecule has 4 bridgehead atoms. The molecular weight excluding hydrogens is 400 g/mol. The van der Waals surface area contributed by atoms with Crippen LogP contribution in [0.5, 0.6) is 0 Å². The van der Waals surface area contributed by atoms with Crippen molar-refractivity contribution in [1.29, 1.82) is 0 Å². The van der Waals surface area contributed by atoms with Crippen LogP contribution in [0.4, 0.5) is 5.69 Å². The molecule has 32 heavy (non-hydrogen) atoms. The number of nitrogens with zero attached hydrogens (tertiary/aromatic N) is 1. The summed E-state index contributed by atoms with van der Waals surface area (Å²) in [6, 6.07) is 13.2. The molecule has 4 aliphatic rings. The number of benzene rings is 2. The summed E-state index contributed by atoms with van der Waals surface area (Å²) in [7, 11) is 1.62. The maximum absolute atomic E-state index is 13.4. The molecule has 7 rings (SSSR count). The fraction of sp³-hybridized carbons (Fsp3) is 0.423. The number of imidazole rings is 1. The molecule has 4 saturated carbocycles. The summed E-state index contributed by atoms with van der Waals surface area (Å²) in [4.78, 5) is 33.2. The van der Waals surface area contributed by atoms with Gasteiger partial charge in [0.2, 0.25) is 5.91 Å². The Morgan fingerprint density at radius 2 is 1.62 bits per heavy atom. The van der Waals surface area contributed by atoms with Crippen LogP contribution in [-0.4, -0.2) is 28.8 Å². The standard InChI is InChI=1S/C26H28N4O2/c1-27-24(31)19-4-2-18(3-5-19)23-29-21-7-6-20(11-22(21)30-23)28-25(32)26-12-15-8-16(13-26)10-17(9-15)14-26/h2-7,11,15-17H,8-10,12-14H2,1H3,(H,27,31)(H,28,32)(H,29,30). The highest BCUT2D eigenvalue weighted by atomic mass is 16.2. The zero-order chi connectivity index (χ0) is 21.9. The van der Waals surface area contributed by atoms with E-state index in [1.165, 1.54) is 19.3 Å². The fourth-order valence-corrected chi connectivity index (χ4v) is 6.80. The molecule has 3 N–H and O–H groups in total. The SMILES string of the molecule is CNC(=O)c1ccc(-c2nc3cc(NC(=O)C45CC6CC(CC(C6)C4)C5)ccc3[nH]2)cc1. The molecule has 4 aliphatic carbocycles. The van der Waals surface area contributed by atoms with Crippen molar-refractivity contribution in [1.82, 2.24) is 15.3 Å². The van der Waals surface area contributed by atoms with E-state index in [9.17, 15) is 9.59 Å². The summed E-state index contributed by atoms with van der Waals surface area (Å²) in [5.74, 6) is 3.08. The highest BCUT2D eigenvalue weighted by Gasteiger charge is 2.54. The van der Waals surface area contributed by atoms with Crippen molar-refractivity contribution in [2.75, 3.05) is 12.4 Å². The Kier molecular flexibility index (Phi) is 4.39. The molecule has 2 amide bonds. The molecule has 0 saturated heterocycles. The summed E-state index contributed by atoms with van der Waals surface area (Å²) in [5, 5.41) is 5.86. The van der Waals surface area contributed by atoms with E-state index in [-0.39, 0.29) is 17.2 Å². The average molecular weight is 429 g/mol. The second kappa shape index (κ2) is 7.19. The molecule has 0 unspecified atom stereocenters. The third-order valence-electron chi connectivity index (χ3n) is 7.91. The predicted molar refractivity (Wildman–Crippen MR) is 124 cm³/mol. The quantitative estimate of drug-likeness (QED) is 0.561. The molecule has 6 nitrogen and oxygen atoms in total. The zero-order valence-electron chi connectivity index (χ0n) is 18.3. The van der Waals surface area contributed by atoms with E-state index in [2.05, 4.69) is 15.6 Å². The molecule has 2 aromatic carbocycles. The largest absolute Gasteiger partial charge is 0.355 e. The van der Waals surface area contributed by atoms with Crippen LogP contribution in [-0.2, 0) is 4.79 Å². The van der Waals surface area contributed by atoms with Crippen LogP contribution in [0.1, 0.15) is 48.9 Å². The van der Waals surface area contributed by atoms with E-state index < -0.39 is 0 Å².